The minimum absolute atomic E-state index is 0.460. The van der Waals surface area contributed by atoms with E-state index < -0.39 is 0 Å². The smallest absolute Gasteiger partial charge is 0.185 e. The van der Waals surface area contributed by atoms with Crippen molar-refractivity contribution in [3.8, 4) is 0 Å². The first-order valence-electron chi connectivity index (χ1n) is 4.83. The van der Waals surface area contributed by atoms with Crippen molar-refractivity contribution in [1.82, 2.24) is 9.87 Å². The van der Waals surface area contributed by atoms with Crippen LogP contribution in [0.2, 0.25) is 0 Å². The Morgan fingerprint density at radius 3 is 2.17 bits per heavy atom. The van der Waals surface area contributed by atoms with Crippen molar-refractivity contribution in [2.24, 2.45) is 5.41 Å². The molecule has 2 aliphatic rings. The summed E-state index contributed by atoms with van der Waals surface area (Å²) in [6, 6.07) is 0. The van der Waals surface area contributed by atoms with Crippen LogP contribution in [0.15, 0.2) is 0 Å². The van der Waals surface area contributed by atoms with E-state index >= 15 is 0 Å². The highest BCUT2D eigenvalue weighted by molar-refractivity contribution is 6.04. The van der Waals surface area contributed by atoms with Gasteiger partial charge in [-0.2, -0.15) is 5.06 Å². The van der Waals surface area contributed by atoms with Gasteiger partial charge in [-0.25, -0.2) is 0 Å². The first kappa shape index (κ1) is 8.54. The summed E-state index contributed by atoms with van der Waals surface area (Å²) in [5, 5.41) is 10.8. The van der Waals surface area contributed by atoms with E-state index in [0.717, 1.165) is 13.1 Å². The molecule has 2 heterocycles. The Kier molecular flexibility index (Phi) is 2.15. The Bertz CT molecular complexity index is 168. The Balaban J connectivity index is 1.95. The van der Waals surface area contributed by atoms with E-state index in [0.29, 0.717) is 5.41 Å². The summed E-state index contributed by atoms with van der Waals surface area (Å²) in [5.74, 6) is 0. The fourth-order valence-corrected chi connectivity index (χ4v) is 2.41. The van der Waals surface area contributed by atoms with Crippen LogP contribution in [0, 0.1) is 5.41 Å². The second-order valence-electron chi connectivity index (χ2n) is 4.44. The number of hydrogen-bond acceptors (Lipinski definition) is 3. The molecular formula is C8H17BN2O. The first-order valence-corrected chi connectivity index (χ1v) is 4.83. The minimum atomic E-state index is 0.460. The third-order valence-corrected chi connectivity index (χ3v) is 3.47. The van der Waals surface area contributed by atoms with Crippen LogP contribution in [0.1, 0.15) is 19.3 Å². The minimum Gasteiger partial charge on any atom is -0.349 e. The van der Waals surface area contributed by atoms with Crippen molar-refractivity contribution in [2.75, 3.05) is 26.2 Å². The summed E-state index contributed by atoms with van der Waals surface area (Å²) in [7, 11) is 2.18. The van der Waals surface area contributed by atoms with Gasteiger partial charge in [0.15, 0.2) is 7.98 Å². The lowest BCUT2D eigenvalue weighted by atomic mass is 9.77. The van der Waals surface area contributed by atoms with E-state index in [1.165, 1.54) is 37.4 Å². The van der Waals surface area contributed by atoms with E-state index in [2.05, 4.69) is 12.8 Å². The van der Waals surface area contributed by atoms with E-state index in [9.17, 15) is 5.21 Å². The van der Waals surface area contributed by atoms with Gasteiger partial charge in [0.2, 0.25) is 0 Å². The average Bonchev–Trinajstić information content (AvgIpc) is 2.40. The van der Waals surface area contributed by atoms with Gasteiger partial charge in [0.1, 0.15) is 0 Å². The van der Waals surface area contributed by atoms with Crippen molar-refractivity contribution in [3.63, 3.8) is 0 Å². The molecule has 1 spiro atoms. The molecule has 0 aliphatic carbocycles. The summed E-state index contributed by atoms with van der Waals surface area (Å²) < 4.78 is 0. The van der Waals surface area contributed by atoms with Gasteiger partial charge in [-0.3, -0.25) is 0 Å². The highest BCUT2D eigenvalue weighted by atomic mass is 16.5. The first-order chi connectivity index (χ1) is 5.70. The van der Waals surface area contributed by atoms with Gasteiger partial charge in [0.05, 0.1) is 0 Å². The monoisotopic (exact) mass is 168 g/mol. The molecule has 0 saturated carbocycles. The topological polar surface area (TPSA) is 26.7 Å². The normalized spacial score (nSPS) is 31.4. The summed E-state index contributed by atoms with van der Waals surface area (Å²) >= 11 is 0. The molecular weight excluding hydrogens is 151 g/mol. The molecule has 0 aromatic rings. The van der Waals surface area contributed by atoms with Gasteiger partial charge in [-0.1, -0.05) is 0 Å². The molecule has 0 bridgehead atoms. The third kappa shape index (κ3) is 1.51. The Morgan fingerprint density at radius 2 is 1.67 bits per heavy atom. The number of hydrogen-bond donors (Lipinski definition) is 1. The van der Waals surface area contributed by atoms with E-state index in [-0.39, 0.29) is 0 Å². The lowest BCUT2D eigenvalue weighted by Gasteiger charge is -2.37. The molecule has 2 saturated heterocycles. The largest absolute Gasteiger partial charge is 0.349 e. The Hall–Kier alpha value is -0.0551. The Morgan fingerprint density at radius 1 is 1.08 bits per heavy atom. The molecule has 68 valence electrons. The number of nitrogens with zero attached hydrogens (tertiary/aromatic N) is 2. The van der Waals surface area contributed by atoms with Crippen LogP contribution < -0.4 is 0 Å². The molecule has 0 aromatic heterocycles. The Labute approximate surface area is 74.7 Å². The van der Waals surface area contributed by atoms with Gasteiger partial charge in [-0.05, 0) is 37.8 Å². The molecule has 0 amide bonds. The SMILES string of the molecule is BN1CCC2(CC1)CCN(O)C2. The average molecular weight is 168 g/mol. The van der Waals surface area contributed by atoms with Crippen LogP contribution >= 0.6 is 0 Å². The van der Waals surface area contributed by atoms with Crippen LogP contribution in [0.25, 0.3) is 0 Å². The van der Waals surface area contributed by atoms with Gasteiger partial charge >= 0.3 is 0 Å². The summed E-state index contributed by atoms with van der Waals surface area (Å²) in [5.41, 5.74) is 0.460. The maximum atomic E-state index is 9.33. The van der Waals surface area contributed by atoms with Crippen LogP contribution in [-0.4, -0.2) is 49.2 Å². The lowest BCUT2D eigenvalue weighted by molar-refractivity contribution is -0.0802. The van der Waals surface area contributed by atoms with Gasteiger partial charge in [0.25, 0.3) is 0 Å². The molecule has 12 heavy (non-hydrogen) atoms. The zero-order valence-electron chi connectivity index (χ0n) is 7.79. The molecule has 2 rings (SSSR count). The molecule has 0 radical (unpaired) electrons. The lowest BCUT2D eigenvalue weighted by Crippen LogP contribution is -2.40. The van der Waals surface area contributed by atoms with Gasteiger partial charge in [0, 0.05) is 13.1 Å². The summed E-state index contributed by atoms with van der Waals surface area (Å²) in [6.45, 7) is 4.19. The van der Waals surface area contributed by atoms with Gasteiger partial charge < -0.3 is 10.0 Å². The highest BCUT2D eigenvalue weighted by Gasteiger charge is 2.39. The van der Waals surface area contributed by atoms with E-state index in [1.807, 2.05) is 0 Å². The van der Waals surface area contributed by atoms with Crippen molar-refractivity contribution < 1.29 is 5.21 Å². The van der Waals surface area contributed by atoms with Crippen LogP contribution in [0.5, 0.6) is 0 Å². The zero-order chi connectivity index (χ0) is 8.60. The van der Waals surface area contributed by atoms with Crippen molar-refractivity contribution in [1.29, 1.82) is 0 Å². The zero-order valence-corrected chi connectivity index (χ0v) is 7.79. The second kappa shape index (κ2) is 3.02. The predicted octanol–water partition coefficient (Wildman–Crippen LogP) is -0.288. The fraction of sp³-hybridized carbons (Fsp3) is 1.00. The van der Waals surface area contributed by atoms with Gasteiger partial charge in [-0.15, -0.1) is 0 Å². The van der Waals surface area contributed by atoms with Crippen molar-refractivity contribution >= 4 is 7.98 Å². The molecule has 4 heteroatoms. The highest BCUT2D eigenvalue weighted by Crippen LogP contribution is 2.39. The fourth-order valence-electron chi connectivity index (χ4n) is 2.41. The summed E-state index contributed by atoms with van der Waals surface area (Å²) in [4.78, 5) is 2.38. The third-order valence-electron chi connectivity index (χ3n) is 3.47. The number of piperidine rings is 1. The molecule has 0 atom stereocenters. The molecule has 2 aliphatic heterocycles. The van der Waals surface area contributed by atoms with E-state index in [4.69, 9.17) is 0 Å². The molecule has 0 aromatic carbocycles. The second-order valence-corrected chi connectivity index (χ2v) is 4.44. The molecule has 2 fully saturated rings. The number of rotatable bonds is 0. The standard InChI is InChI=1S/C8H17BN2O/c9-10-4-1-8(2-5-10)3-6-11(12)7-8/h12H,1-7,9H2. The molecule has 1 N–H and O–H groups in total. The van der Waals surface area contributed by atoms with Crippen LogP contribution in [0.3, 0.4) is 0 Å². The maximum Gasteiger partial charge on any atom is 0.185 e. The molecule has 0 unspecified atom stereocenters. The predicted molar refractivity (Wildman–Crippen MR) is 49.8 cm³/mol. The van der Waals surface area contributed by atoms with Crippen LogP contribution in [0.4, 0.5) is 0 Å². The van der Waals surface area contributed by atoms with Crippen molar-refractivity contribution in [3.05, 3.63) is 0 Å². The van der Waals surface area contributed by atoms with E-state index in [1.54, 1.807) is 0 Å². The number of hydroxylamine groups is 2. The molecule has 3 nitrogen and oxygen atoms in total. The maximum absolute atomic E-state index is 9.33. The quantitative estimate of drug-likeness (QED) is 0.503. The van der Waals surface area contributed by atoms with Crippen molar-refractivity contribution in [2.45, 2.75) is 19.3 Å². The van der Waals surface area contributed by atoms with Crippen LogP contribution in [-0.2, 0) is 0 Å². The summed E-state index contributed by atoms with van der Waals surface area (Å²) in [6.07, 6.45) is 3.72.